The summed E-state index contributed by atoms with van der Waals surface area (Å²) in [6, 6.07) is 8.40. The minimum atomic E-state index is 0.208. The Bertz CT molecular complexity index is 482. The van der Waals surface area contributed by atoms with Crippen LogP contribution in [-0.2, 0) is 4.79 Å². The van der Waals surface area contributed by atoms with E-state index in [1.807, 2.05) is 4.90 Å². The average Bonchev–Trinajstić information content (AvgIpc) is 2.79. The van der Waals surface area contributed by atoms with Gasteiger partial charge in [0.25, 0.3) is 0 Å². The Hall–Kier alpha value is -1.07. The summed E-state index contributed by atoms with van der Waals surface area (Å²) >= 11 is 3.52. The molecular formula is C15H20BrN3O. The zero-order chi connectivity index (χ0) is 14.1. The Morgan fingerprint density at radius 2 is 1.65 bits per heavy atom. The van der Waals surface area contributed by atoms with Crippen LogP contribution in [0.5, 0.6) is 0 Å². The van der Waals surface area contributed by atoms with Crippen molar-refractivity contribution in [3.05, 3.63) is 24.3 Å². The third kappa shape index (κ3) is 2.83. The van der Waals surface area contributed by atoms with Crippen LogP contribution in [0.3, 0.4) is 0 Å². The first-order valence-corrected chi connectivity index (χ1v) is 8.03. The van der Waals surface area contributed by atoms with E-state index in [0.717, 1.165) is 38.4 Å². The van der Waals surface area contributed by atoms with Gasteiger partial charge in [-0.3, -0.25) is 4.79 Å². The van der Waals surface area contributed by atoms with Crippen LogP contribution >= 0.6 is 15.9 Å². The van der Waals surface area contributed by atoms with Crippen molar-refractivity contribution >= 4 is 33.2 Å². The first-order valence-electron chi connectivity index (χ1n) is 7.11. The molecule has 0 aliphatic carbocycles. The number of halogens is 1. The van der Waals surface area contributed by atoms with E-state index in [2.05, 4.69) is 57.0 Å². The molecule has 0 N–H and O–H groups in total. The molecular weight excluding hydrogens is 318 g/mol. The summed E-state index contributed by atoms with van der Waals surface area (Å²) in [7, 11) is 2.16. The number of hydrogen-bond acceptors (Lipinski definition) is 3. The number of rotatable bonds is 2. The van der Waals surface area contributed by atoms with E-state index in [0.29, 0.717) is 6.42 Å². The molecule has 0 radical (unpaired) electrons. The fraction of sp³-hybridized carbons (Fsp3) is 0.533. The summed E-state index contributed by atoms with van der Waals surface area (Å²) in [4.78, 5) is 18.8. The quantitative estimate of drug-likeness (QED) is 0.771. The lowest BCUT2D eigenvalue weighted by Gasteiger charge is -2.34. The Morgan fingerprint density at radius 3 is 2.20 bits per heavy atom. The van der Waals surface area contributed by atoms with Gasteiger partial charge < -0.3 is 14.7 Å². The monoisotopic (exact) mass is 337 g/mol. The molecule has 0 saturated carbocycles. The standard InChI is InChI=1S/C15H20BrN3O/c1-17-6-8-18(9-7-17)13-2-4-14(5-3-13)19-11-12(16)10-15(19)20/h2-5,12H,6-11H2,1H3. The highest BCUT2D eigenvalue weighted by Gasteiger charge is 2.28. The van der Waals surface area contributed by atoms with E-state index in [1.54, 1.807) is 0 Å². The number of piperazine rings is 1. The second-order valence-electron chi connectivity index (χ2n) is 5.61. The Labute approximate surface area is 128 Å². The van der Waals surface area contributed by atoms with Gasteiger partial charge in [0.1, 0.15) is 0 Å². The van der Waals surface area contributed by atoms with Crippen LogP contribution in [0.2, 0.25) is 0 Å². The second kappa shape index (κ2) is 5.74. The van der Waals surface area contributed by atoms with Gasteiger partial charge in [-0.05, 0) is 31.3 Å². The van der Waals surface area contributed by atoms with Gasteiger partial charge in [-0.1, -0.05) is 15.9 Å². The maximum absolute atomic E-state index is 11.9. The number of benzene rings is 1. The van der Waals surface area contributed by atoms with Crippen molar-refractivity contribution in [3.63, 3.8) is 0 Å². The molecule has 2 heterocycles. The molecule has 0 bridgehead atoms. The minimum absolute atomic E-state index is 0.208. The van der Waals surface area contributed by atoms with E-state index in [9.17, 15) is 4.79 Å². The van der Waals surface area contributed by atoms with Gasteiger partial charge in [-0.2, -0.15) is 0 Å². The molecule has 1 atom stereocenters. The number of nitrogens with zero attached hydrogens (tertiary/aromatic N) is 3. The lowest BCUT2D eigenvalue weighted by Crippen LogP contribution is -2.44. The molecule has 2 saturated heterocycles. The average molecular weight is 338 g/mol. The number of amides is 1. The zero-order valence-corrected chi connectivity index (χ0v) is 13.3. The maximum atomic E-state index is 11.9. The Kier molecular flexibility index (Phi) is 3.98. The molecule has 2 aliphatic heterocycles. The van der Waals surface area contributed by atoms with Gasteiger partial charge in [0.15, 0.2) is 0 Å². The molecule has 2 aliphatic rings. The molecule has 5 heteroatoms. The number of hydrogen-bond donors (Lipinski definition) is 0. The molecule has 1 amide bonds. The van der Waals surface area contributed by atoms with Crippen LogP contribution in [0.4, 0.5) is 11.4 Å². The van der Waals surface area contributed by atoms with Crippen molar-refractivity contribution in [2.75, 3.05) is 49.6 Å². The van der Waals surface area contributed by atoms with E-state index in [4.69, 9.17) is 0 Å². The number of likely N-dealkylation sites (N-methyl/N-ethyl adjacent to an activating group) is 1. The SMILES string of the molecule is CN1CCN(c2ccc(N3CC(Br)CC3=O)cc2)CC1. The highest BCUT2D eigenvalue weighted by Crippen LogP contribution is 2.27. The van der Waals surface area contributed by atoms with E-state index in [1.165, 1.54) is 5.69 Å². The maximum Gasteiger partial charge on any atom is 0.228 e. The predicted molar refractivity (Wildman–Crippen MR) is 85.8 cm³/mol. The Morgan fingerprint density at radius 1 is 1.05 bits per heavy atom. The van der Waals surface area contributed by atoms with Crippen molar-refractivity contribution in [2.45, 2.75) is 11.2 Å². The summed E-state index contributed by atoms with van der Waals surface area (Å²) in [5, 5.41) is 0. The molecule has 4 nitrogen and oxygen atoms in total. The first kappa shape index (κ1) is 13.9. The number of anilines is 2. The Balaban J connectivity index is 1.70. The van der Waals surface area contributed by atoms with Crippen molar-refractivity contribution < 1.29 is 4.79 Å². The van der Waals surface area contributed by atoms with Crippen LogP contribution in [-0.4, -0.2) is 55.4 Å². The van der Waals surface area contributed by atoms with Crippen molar-refractivity contribution in [2.24, 2.45) is 0 Å². The summed E-state index contributed by atoms with van der Waals surface area (Å²) in [5.41, 5.74) is 2.26. The molecule has 2 fully saturated rings. The van der Waals surface area contributed by atoms with Gasteiger partial charge in [0, 0.05) is 55.3 Å². The predicted octanol–water partition coefficient (Wildman–Crippen LogP) is 1.94. The van der Waals surface area contributed by atoms with Crippen molar-refractivity contribution in [1.29, 1.82) is 0 Å². The molecule has 0 spiro atoms. The van der Waals surface area contributed by atoms with Crippen LogP contribution in [0.25, 0.3) is 0 Å². The third-order valence-electron chi connectivity index (χ3n) is 4.11. The van der Waals surface area contributed by atoms with Crippen LogP contribution in [0.1, 0.15) is 6.42 Å². The lowest BCUT2D eigenvalue weighted by molar-refractivity contribution is -0.117. The second-order valence-corrected chi connectivity index (χ2v) is 6.91. The highest BCUT2D eigenvalue weighted by molar-refractivity contribution is 9.09. The molecule has 3 rings (SSSR count). The van der Waals surface area contributed by atoms with Gasteiger partial charge >= 0.3 is 0 Å². The zero-order valence-electron chi connectivity index (χ0n) is 11.8. The number of carbonyl (C=O) groups excluding carboxylic acids is 1. The number of alkyl halides is 1. The van der Waals surface area contributed by atoms with Crippen molar-refractivity contribution in [3.8, 4) is 0 Å². The molecule has 1 unspecified atom stereocenters. The van der Waals surface area contributed by atoms with Gasteiger partial charge in [-0.25, -0.2) is 0 Å². The van der Waals surface area contributed by atoms with Gasteiger partial charge in [0.2, 0.25) is 5.91 Å². The molecule has 1 aromatic rings. The lowest BCUT2D eigenvalue weighted by atomic mass is 10.2. The summed E-state index contributed by atoms with van der Waals surface area (Å²) < 4.78 is 0. The molecule has 0 aromatic heterocycles. The third-order valence-corrected chi connectivity index (χ3v) is 4.72. The van der Waals surface area contributed by atoms with E-state index >= 15 is 0 Å². The molecule has 108 valence electrons. The normalized spacial score (nSPS) is 24.5. The largest absolute Gasteiger partial charge is 0.369 e. The highest BCUT2D eigenvalue weighted by atomic mass is 79.9. The molecule has 20 heavy (non-hydrogen) atoms. The van der Waals surface area contributed by atoms with Gasteiger partial charge in [0.05, 0.1) is 0 Å². The topological polar surface area (TPSA) is 26.8 Å². The number of carbonyl (C=O) groups is 1. The summed E-state index contributed by atoms with van der Waals surface area (Å²) in [5.74, 6) is 0.208. The van der Waals surface area contributed by atoms with Crippen LogP contribution in [0, 0.1) is 0 Å². The van der Waals surface area contributed by atoms with Crippen LogP contribution < -0.4 is 9.80 Å². The van der Waals surface area contributed by atoms with E-state index in [-0.39, 0.29) is 10.7 Å². The minimum Gasteiger partial charge on any atom is -0.369 e. The summed E-state index contributed by atoms with van der Waals surface area (Å²) in [6.45, 7) is 5.13. The fourth-order valence-corrected chi connectivity index (χ4v) is 3.39. The first-order chi connectivity index (χ1) is 9.63. The van der Waals surface area contributed by atoms with Gasteiger partial charge in [-0.15, -0.1) is 0 Å². The fourth-order valence-electron chi connectivity index (χ4n) is 2.82. The summed E-state index contributed by atoms with van der Waals surface area (Å²) in [6.07, 6.45) is 0.597. The van der Waals surface area contributed by atoms with Crippen molar-refractivity contribution in [1.82, 2.24) is 4.90 Å². The van der Waals surface area contributed by atoms with E-state index < -0.39 is 0 Å². The van der Waals surface area contributed by atoms with Crippen LogP contribution in [0.15, 0.2) is 24.3 Å². The molecule has 1 aromatic carbocycles. The smallest absolute Gasteiger partial charge is 0.228 e.